The van der Waals surface area contributed by atoms with Crippen LogP contribution in [0.5, 0.6) is 0 Å². The van der Waals surface area contributed by atoms with Crippen molar-refractivity contribution in [3.8, 4) is 0 Å². The van der Waals surface area contributed by atoms with Crippen LogP contribution in [-0.2, 0) is 9.59 Å². The molecular weight excluding hydrogens is 281 g/mol. The summed E-state index contributed by atoms with van der Waals surface area (Å²) in [6.45, 7) is 5.01. The summed E-state index contributed by atoms with van der Waals surface area (Å²) in [6, 6.07) is 0. The third kappa shape index (κ3) is 6.15. The van der Waals surface area contributed by atoms with Crippen molar-refractivity contribution in [2.75, 3.05) is 4.55 Å². The van der Waals surface area contributed by atoms with Gasteiger partial charge in [0.15, 0.2) is 0 Å². The van der Waals surface area contributed by atoms with Gasteiger partial charge in [0.2, 0.25) is 0 Å². The SMILES string of the molecule is CC(=O)CC(C)(CC(C)=O)NCI. The molecule has 13 heavy (non-hydrogen) atoms. The van der Waals surface area contributed by atoms with E-state index in [4.69, 9.17) is 0 Å². The molecule has 0 radical (unpaired) electrons. The van der Waals surface area contributed by atoms with E-state index < -0.39 is 0 Å². The second kappa shape index (κ2) is 5.70. The summed E-state index contributed by atoms with van der Waals surface area (Å²) in [5, 5.41) is 3.17. The van der Waals surface area contributed by atoms with Gasteiger partial charge in [0.05, 0.1) is 0 Å². The predicted molar refractivity (Wildman–Crippen MR) is 61.0 cm³/mol. The molecular formula is C9H16INO2. The van der Waals surface area contributed by atoms with Crippen molar-refractivity contribution >= 4 is 34.2 Å². The molecule has 0 unspecified atom stereocenters. The Hall–Kier alpha value is 0.0300. The predicted octanol–water partition coefficient (Wildman–Crippen LogP) is 1.69. The van der Waals surface area contributed by atoms with Crippen molar-refractivity contribution in [1.29, 1.82) is 0 Å². The zero-order valence-electron chi connectivity index (χ0n) is 8.32. The van der Waals surface area contributed by atoms with Crippen LogP contribution in [0.3, 0.4) is 0 Å². The minimum Gasteiger partial charge on any atom is -0.302 e. The lowest BCUT2D eigenvalue weighted by Gasteiger charge is -2.28. The normalized spacial score (nSPS) is 11.4. The number of halogens is 1. The fourth-order valence-electron chi connectivity index (χ4n) is 1.45. The maximum absolute atomic E-state index is 11.0. The van der Waals surface area contributed by atoms with Crippen molar-refractivity contribution < 1.29 is 9.59 Å². The van der Waals surface area contributed by atoms with E-state index in [1.165, 1.54) is 0 Å². The van der Waals surface area contributed by atoms with Crippen LogP contribution in [0.4, 0.5) is 0 Å². The van der Waals surface area contributed by atoms with Gasteiger partial charge in [-0.15, -0.1) is 0 Å². The monoisotopic (exact) mass is 297 g/mol. The fourth-order valence-corrected chi connectivity index (χ4v) is 2.37. The second-order valence-corrected chi connectivity index (χ2v) is 4.39. The van der Waals surface area contributed by atoms with Crippen LogP contribution in [0, 0.1) is 0 Å². The van der Waals surface area contributed by atoms with Crippen LogP contribution in [0.2, 0.25) is 0 Å². The Morgan fingerprint density at radius 1 is 1.23 bits per heavy atom. The van der Waals surface area contributed by atoms with Gasteiger partial charge in [0, 0.05) is 22.9 Å². The minimum absolute atomic E-state index is 0.112. The maximum atomic E-state index is 11.0. The first-order chi connectivity index (χ1) is 5.89. The van der Waals surface area contributed by atoms with Crippen LogP contribution in [-0.4, -0.2) is 21.7 Å². The largest absolute Gasteiger partial charge is 0.302 e. The Labute approximate surface area is 92.8 Å². The Kier molecular flexibility index (Phi) is 5.71. The lowest BCUT2D eigenvalue weighted by atomic mass is 9.90. The summed E-state index contributed by atoms with van der Waals surface area (Å²) in [7, 11) is 0. The van der Waals surface area contributed by atoms with Crippen molar-refractivity contribution in [2.45, 2.75) is 39.2 Å². The molecule has 0 atom stereocenters. The highest BCUT2D eigenvalue weighted by molar-refractivity contribution is 14.1. The topological polar surface area (TPSA) is 46.2 Å². The van der Waals surface area contributed by atoms with Gasteiger partial charge in [0.1, 0.15) is 11.6 Å². The van der Waals surface area contributed by atoms with Gasteiger partial charge in [-0.3, -0.25) is 9.59 Å². The van der Waals surface area contributed by atoms with Crippen LogP contribution in [0.1, 0.15) is 33.6 Å². The molecule has 0 aromatic carbocycles. The third-order valence-corrected chi connectivity index (χ3v) is 2.15. The summed E-state index contributed by atoms with van der Waals surface area (Å²) < 4.78 is 0.745. The second-order valence-electron chi connectivity index (χ2n) is 3.63. The molecule has 0 rings (SSSR count). The van der Waals surface area contributed by atoms with Crippen LogP contribution < -0.4 is 5.32 Å². The first-order valence-electron chi connectivity index (χ1n) is 4.19. The number of carbonyl (C=O) groups is 2. The Bertz CT molecular complexity index is 188. The number of hydrogen-bond acceptors (Lipinski definition) is 3. The summed E-state index contributed by atoms with van der Waals surface area (Å²) >= 11 is 2.17. The molecule has 0 amide bonds. The zero-order chi connectivity index (χ0) is 10.5. The Balaban J connectivity index is 4.32. The smallest absolute Gasteiger partial charge is 0.131 e. The van der Waals surface area contributed by atoms with E-state index in [1.54, 1.807) is 13.8 Å². The number of nitrogens with one attached hydrogen (secondary N) is 1. The lowest BCUT2D eigenvalue weighted by molar-refractivity contribution is -0.120. The molecule has 0 aliphatic carbocycles. The number of rotatable bonds is 6. The quantitative estimate of drug-likeness (QED) is 0.461. The van der Waals surface area contributed by atoms with E-state index in [0.717, 1.165) is 4.55 Å². The number of carbonyl (C=O) groups excluding carboxylic acids is 2. The van der Waals surface area contributed by atoms with Gasteiger partial charge in [-0.25, -0.2) is 0 Å². The summed E-state index contributed by atoms with van der Waals surface area (Å²) in [6.07, 6.45) is 0.825. The molecule has 0 aliphatic heterocycles. The molecule has 0 fully saturated rings. The van der Waals surface area contributed by atoms with E-state index >= 15 is 0 Å². The van der Waals surface area contributed by atoms with E-state index in [9.17, 15) is 9.59 Å². The minimum atomic E-state index is -0.362. The average Bonchev–Trinajstić information content (AvgIpc) is 1.81. The molecule has 0 aliphatic rings. The highest BCUT2D eigenvalue weighted by atomic mass is 127. The standard InChI is InChI=1S/C9H16INO2/c1-7(12)4-9(3,11-6-10)5-8(2)13/h11H,4-6H2,1-3H3. The van der Waals surface area contributed by atoms with Crippen molar-refractivity contribution in [2.24, 2.45) is 0 Å². The summed E-state index contributed by atoms with van der Waals surface area (Å²) in [5.41, 5.74) is -0.362. The van der Waals surface area contributed by atoms with Gasteiger partial charge >= 0.3 is 0 Å². The number of Topliss-reactive ketones (excluding diaryl/α,β-unsaturated/α-hetero) is 2. The molecule has 0 aromatic heterocycles. The van der Waals surface area contributed by atoms with Gasteiger partial charge in [0.25, 0.3) is 0 Å². The van der Waals surface area contributed by atoms with Crippen molar-refractivity contribution in [3.63, 3.8) is 0 Å². The molecule has 0 spiro atoms. The first kappa shape index (κ1) is 13.0. The molecule has 0 heterocycles. The zero-order valence-corrected chi connectivity index (χ0v) is 10.5. The molecule has 0 saturated carbocycles. The van der Waals surface area contributed by atoms with E-state index in [-0.39, 0.29) is 17.1 Å². The van der Waals surface area contributed by atoms with Crippen molar-refractivity contribution in [1.82, 2.24) is 5.32 Å². The van der Waals surface area contributed by atoms with Crippen LogP contribution in [0.15, 0.2) is 0 Å². The number of alkyl halides is 1. The average molecular weight is 297 g/mol. The Morgan fingerprint density at radius 3 is 1.85 bits per heavy atom. The summed E-state index contributed by atoms with van der Waals surface area (Å²) in [4.78, 5) is 21.9. The highest BCUT2D eigenvalue weighted by Crippen LogP contribution is 2.16. The van der Waals surface area contributed by atoms with E-state index in [1.807, 2.05) is 6.92 Å². The number of hydrogen-bond donors (Lipinski definition) is 1. The third-order valence-electron chi connectivity index (χ3n) is 1.77. The molecule has 3 nitrogen and oxygen atoms in total. The van der Waals surface area contributed by atoms with Gasteiger partial charge < -0.3 is 5.32 Å². The van der Waals surface area contributed by atoms with Gasteiger partial charge in [-0.1, -0.05) is 22.6 Å². The van der Waals surface area contributed by atoms with E-state index in [0.29, 0.717) is 12.8 Å². The van der Waals surface area contributed by atoms with Gasteiger partial charge in [-0.05, 0) is 20.8 Å². The molecule has 1 N–H and O–H groups in total. The fraction of sp³-hybridized carbons (Fsp3) is 0.778. The molecule has 0 saturated heterocycles. The Morgan fingerprint density at radius 2 is 1.62 bits per heavy atom. The van der Waals surface area contributed by atoms with Gasteiger partial charge in [-0.2, -0.15) is 0 Å². The molecule has 76 valence electrons. The maximum Gasteiger partial charge on any atom is 0.131 e. The lowest BCUT2D eigenvalue weighted by Crippen LogP contribution is -2.44. The first-order valence-corrected chi connectivity index (χ1v) is 5.72. The van der Waals surface area contributed by atoms with Crippen LogP contribution >= 0.6 is 22.6 Å². The molecule has 0 bridgehead atoms. The van der Waals surface area contributed by atoms with Crippen LogP contribution in [0.25, 0.3) is 0 Å². The van der Waals surface area contributed by atoms with E-state index in [2.05, 4.69) is 27.9 Å². The summed E-state index contributed by atoms with van der Waals surface area (Å²) in [5.74, 6) is 0.224. The van der Waals surface area contributed by atoms with Crippen molar-refractivity contribution in [3.05, 3.63) is 0 Å². The number of ketones is 2. The highest BCUT2D eigenvalue weighted by Gasteiger charge is 2.26. The molecule has 4 heteroatoms. The molecule has 0 aromatic rings.